The van der Waals surface area contributed by atoms with Crippen molar-refractivity contribution in [3.8, 4) is 0 Å². The van der Waals surface area contributed by atoms with Crippen LogP contribution in [-0.4, -0.2) is 64.8 Å². The number of carboxylic acid groups (broad SMARTS) is 1. The molecular formula is C15H28N2O4. The molecule has 0 aromatic carbocycles. The summed E-state index contributed by atoms with van der Waals surface area (Å²) in [6.45, 7) is 12.2. The molecule has 6 heteroatoms. The minimum Gasteiger partial charge on any atom is -0.481 e. The van der Waals surface area contributed by atoms with E-state index in [9.17, 15) is 9.59 Å². The van der Waals surface area contributed by atoms with E-state index in [1.807, 2.05) is 20.8 Å². The Morgan fingerprint density at radius 3 is 2.38 bits per heavy atom. The van der Waals surface area contributed by atoms with Gasteiger partial charge in [0, 0.05) is 26.2 Å². The van der Waals surface area contributed by atoms with Crippen molar-refractivity contribution in [2.45, 2.75) is 52.7 Å². The van der Waals surface area contributed by atoms with Gasteiger partial charge in [-0.05, 0) is 26.7 Å². The van der Waals surface area contributed by atoms with Gasteiger partial charge in [0.25, 0.3) is 0 Å². The Hall–Kier alpha value is -1.30. The highest BCUT2D eigenvalue weighted by atomic mass is 16.6. The highest BCUT2D eigenvalue weighted by Crippen LogP contribution is 2.20. The van der Waals surface area contributed by atoms with Crippen molar-refractivity contribution in [1.82, 2.24) is 9.80 Å². The lowest BCUT2D eigenvalue weighted by Gasteiger charge is -2.43. The first kappa shape index (κ1) is 17.8. The summed E-state index contributed by atoms with van der Waals surface area (Å²) in [5.41, 5.74) is -0.501. The van der Waals surface area contributed by atoms with Gasteiger partial charge in [-0.25, -0.2) is 4.79 Å². The van der Waals surface area contributed by atoms with Crippen LogP contribution in [0.15, 0.2) is 0 Å². The summed E-state index contributed by atoms with van der Waals surface area (Å²) >= 11 is 0. The van der Waals surface area contributed by atoms with E-state index in [4.69, 9.17) is 9.84 Å². The second-order valence-corrected chi connectivity index (χ2v) is 6.93. The van der Waals surface area contributed by atoms with Crippen LogP contribution in [0.2, 0.25) is 0 Å². The lowest BCUT2D eigenvalue weighted by molar-refractivity contribution is -0.137. The van der Waals surface area contributed by atoms with Crippen LogP contribution in [0.4, 0.5) is 4.79 Å². The van der Waals surface area contributed by atoms with Crippen LogP contribution >= 0.6 is 0 Å². The van der Waals surface area contributed by atoms with Crippen LogP contribution in [0.25, 0.3) is 0 Å². The first-order valence-corrected chi connectivity index (χ1v) is 7.54. The predicted octanol–water partition coefficient (Wildman–Crippen LogP) is 2.04. The Bertz CT molecular complexity index is 376. The van der Waals surface area contributed by atoms with Crippen LogP contribution in [-0.2, 0) is 9.53 Å². The summed E-state index contributed by atoms with van der Waals surface area (Å²) in [4.78, 5) is 26.9. The average molecular weight is 300 g/mol. The number of carbonyl (C=O) groups is 2. The predicted molar refractivity (Wildman–Crippen MR) is 80.3 cm³/mol. The third kappa shape index (κ3) is 5.91. The SMILES string of the molecule is CC(C)[C@@H]1CN(CCC(=O)O)CCN1C(=O)OC(C)(C)C. The maximum absolute atomic E-state index is 12.3. The number of carbonyl (C=O) groups excluding carboxylic acids is 1. The molecule has 1 aliphatic heterocycles. The highest BCUT2D eigenvalue weighted by molar-refractivity contribution is 5.69. The first-order chi connectivity index (χ1) is 9.60. The second kappa shape index (κ2) is 7.11. The number of carboxylic acids is 1. The van der Waals surface area contributed by atoms with Gasteiger partial charge in [0.05, 0.1) is 12.5 Å². The number of aliphatic carboxylic acids is 1. The molecule has 1 atom stereocenters. The first-order valence-electron chi connectivity index (χ1n) is 7.54. The lowest BCUT2D eigenvalue weighted by atomic mass is 10.00. The van der Waals surface area contributed by atoms with E-state index < -0.39 is 11.6 Å². The number of hydrogen-bond donors (Lipinski definition) is 1. The van der Waals surface area contributed by atoms with Gasteiger partial charge in [0.2, 0.25) is 0 Å². The Morgan fingerprint density at radius 1 is 1.29 bits per heavy atom. The number of rotatable bonds is 4. The normalized spacial score (nSPS) is 20.7. The lowest BCUT2D eigenvalue weighted by Crippen LogP contribution is -2.58. The quantitative estimate of drug-likeness (QED) is 0.860. The Labute approximate surface area is 127 Å². The zero-order valence-electron chi connectivity index (χ0n) is 13.8. The van der Waals surface area contributed by atoms with Crippen molar-refractivity contribution in [2.75, 3.05) is 26.2 Å². The molecule has 0 aromatic heterocycles. The van der Waals surface area contributed by atoms with E-state index in [0.717, 1.165) is 0 Å². The van der Waals surface area contributed by atoms with Crippen LogP contribution in [0.1, 0.15) is 41.0 Å². The van der Waals surface area contributed by atoms with Gasteiger partial charge in [-0.3, -0.25) is 9.69 Å². The molecule has 0 aromatic rings. The molecule has 1 N–H and O–H groups in total. The number of piperazine rings is 1. The molecule has 1 saturated heterocycles. The fraction of sp³-hybridized carbons (Fsp3) is 0.867. The Kier molecular flexibility index (Phi) is 6.01. The van der Waals surface area contributed by atoms with Gasteiger partial charge in [-0.15, -0.1) is 0 Å². The third-order valence-electron chi connectivity index (χ3n) is 3.54. The smallest absolute Gasteiger partial charge is 0.410 e. The number of ether oxygens (including phenoxy) is 1. The number of nitrogens with zero attached hydrogens (tertiary/aromatic N) is 2. The topological polar surface area (TPSA) is 70.1 Å². The van der Waals surface area contributed by atoms with E-state index in [1.54, 1.807) is 4.90 Å². The van der Waals surface area contributed by atoms with Crippen molar-refractivity contribution >= 4 is 12.1 Å². The molecule has 0 aliphatic carbocycles. The second-order valence-electron chi connectivity index (χ2n) is 6.93. The molecule has 1 rings (SSSR count). The molecule has 0 radical (unpaired) electrons. The number of hydrogen-bond acceptors (Lipinski definition) is 4. The molecule has 1 amide bonds. The van der Waals surface area contributed by atoms with Crippen LogP contribution in [0, 0.1) is 5.92 Å². The zero-order valence-corrected chi connectivity index (χ0v) is 13.8. The monoisotopic (exact) mass is 300 g/mol. The molecule has 0 bridgehead atoms. The number of amides is 1. The standard InChI is InChI=1S/C15H28N2O4/c1-11(2)12-10-16(7-6-13(18)19)8-9-17(12)14(20)21-15(3,4)5/h11-12H,6-10H2,1-5H3,(H,18,19)/t12-/m0/s1. The van der Waals surface area contributed by atoms with E-state index in [0.29, 0.717) is 32.1 Å². The van der Waals surface area contributed by atoms with Crippen molar-refractivity contribution in [1.29, 1.82) is 0 Å². The molecule has 0 saturated carbocycles. The molecule has 1 heterocycles. The van der Waals surface area contributed by atoms with E-state index >= 15 is 0 Å². The molecule has 122 valence electrons. The van der Waals surface area contributed by atoms with Crippen LogP contribution in [0.3, 0.4) is 0 Å². The highest BCUT2D eigenvalue weighted by Gasteiger charge is 2.34. The minimum absolute atomic E-state index is 0.0578. The summed E-state index contributed by atoms with van der Waals surface area (Å²) in [7, 11) is 0. The minimum atomic E-state index is -0.786. The summed E-state index contributed by atoms with van der Waals surface area (Å²) in [5, 5.41) is 8.78. The van der Waals surface area contributed by atoms with E-state index in [1.165, 1.54) is 0 Å². The van der Waals surface area contributed by atoms with Gasteiger partial charge >= 0.3 is 12.1 Å². The van der Waals surface area contributed by atoms with Crippen molar-refractivity contribution in [2.24, 2.45) is 5.92 Å². The van der Waals surface area contributed by atoms with Crippen molar-refractivity contribution < 1.29 is 19.4 Å². The van der Waals surface area contributed by atoms with Crippen molar-refractivity contribution in [3.63, 3.8) is 0 Å². The fourth-order valence-electron chi connectivity index (χ4n) is 2.44. The van der Waals surface area contributed by atoms with Crippen LogP contribution < -0.4 is 0 Å². The summed E-state index contributed by atoms with van der Waals surface area (Å²) in [6.07, 6.45) is -0.142. The average Bonchev–Trinajstić information content (AvgIpc) is 2.33. The van der Waals surface area contributed by atoms with Gasteiger partial charge < -0.3 is 14.7 Å². The van der Waals surface area contributed by atoms with Gasteiger partial charge in [-0.1, -0.05) is 13.8 Å². The molecule has 1 aliphatic rings. The van der Waals surface area contributed by atoms with Gasteiger partial charge in [-0.2, -0.15) is 0 Å². The maximum Gasteiger partial charge on any atom is 0.410 e. The summed E-state index contributed by atoms with van der Waals surface area (Å²) < 4.78 is 5.47. The zero-order chi connectivity index (χ0) is 16.2. The molecule has 1 fully saturated rings. The van der Waals surface area contributed by atoms with E-state index in [2.05, 4.69) is 18.7 Å². The Morgan fingerprint density at radius 2 is 1.90 bits per heavy atom. The molecule has 0 spiro atoms. The molecule has 6 nitrogen and oxygen atoms in total. The largest absolute Gasteiger partial charge is 0.481 e. The molecular weight excluding hydrogens is 272 g/mol. The van der Waals surface area contributed by atoms with Crippen molar-refractivity contribution in [3.05, 3.63) is 0 Å². The summed E-state index contributed by atoms with van der Waals surface area (Å²) in [5.74, 6) is -0.490. The third-order valence-corrected chi connectivity index (χ3v) is 3.54. The maximum atomic E-state index is 12.3. The van der Waals surface area contributed by atoms with E-state index in [-0.39, 0.29) is 18.6 Å². The molecule has 21 heavy (non-hydrogen) atoms. The summed E-state index contributed by atoms with van der Waals surface area (Å²) in [6, 6.07) is 0.0578. The molecule has 0 unspecified atom stereocenters. The Balaban J connectivity index is 2.66. The van der Waals surface area contributed by atoms with Crippen LogP contribution in [0.5, 0.6) is 0 Å². The fourth-order valence-corrected chi connectivity index (χ4v) is 2.44. The van der Waals surface area contributed by atoms with Gasteiger partial charge in [0.15, 0.2) is 0 Å². The van der Waals surface area contributed by atoms with Gasteiger partial charge in [0.1, 0.15) is 5.60 Å².